The van der Waals surface area contributed by atoms with Gasteiger partial charge in [-0.3, -0.25) is 9.52 Å². The molecular formula is C10H16N4O2. The highest BCUT2D eigenvalue weighted by atomic mass is 16.7. The van der Waals surface area contributed by atoms with Crippen molar-refractivity contribution in [2.24, 2.45) is 5.16 Å². The van der Waals surface area contributed by atoms with Crippen molar-refractivity contribution in [2.75, 3.05) is 7.05 Å². The van der Waals surface area contributed by atoms with Crippen LogP contribution < -0.4 is 5.32 Å². The van der Waals surface area contributed by atoms with E-state index in [0.29, 0.717) is 0 Å². The Morgan fingerprint density at radius 2 is 2.38 bits per heavy atom. The van der Waals surface area contributed by atoms with E-state index in [0.717, 1.165) is 5.69 Å². The van der Waals surface area contributed by atoms with Gasteiger partial charge in [0.2, 0.25) is 0 Å². The molecule has 88 valence electrons. The van der Waals surface area contributed by atoms with Gasteiger partial charge in [0.25, 0.3) is 0 Å². The van der Waals surface area contributed by atoms with Gasteiger partial charge in [-0.1, -0.05) is 5.16 Å². The first-order valence-electron chi connectivity index (χ1n) is 4.92. The Morgan fingerprint density at radius 3 is 2.88 bits per heavy atom. The minimum Gasteiger partial charge on any atom is -0.323 e. The van der Waals surface area contributed by atoms with Crippen molar-refractivity contribution in [3.05, 3.63) is 18.0 Å². The number of hydrogen-bond acceptors (Lipinski definition) is 4. The van der Waals surface area contributed by atoms with Crippen molar-refractivity contribution in [1.29, 1.82) is 0 Å². The Hall–Kier alpha value is -1.85. The molecule has 6 heteroatoms. The second kappa shape index (κ2) is 4.78. The van der Waals surface area contributed by atoms with Gasteiger partial charge >= 0.3 is 6.09 Å². The first kappa shape index (κ1) is 12.2. The summed E-state index contributed by atoms with van der Waals surface area (Å²) in [5, 5.41) is 10.2. The number of aromatic nitrogens is 2. The summed E-state index contributed by atoms with van der Waals surface area (Å²) in [5.74, 6) is 0. The zero-order chi connectivity index (χ0) is 12.2. The summed E-state index contributed by atoms with van der Waals surface area (Å²) in [6, 6.07) is 1.90. The number of nitrogens with zero attached hydrogens (tertiary/aromatic N) is 3. The smallest absolute Gasteiger partial charge is 0.323 e. The van der Waals surface area contributed by atoms with Crippen LogP contribution in [0.4, 0.5) is 4.79 Å². The molecule has 0 aliphatic heterocycles. The molecule has 0 fully saturated rings. The summed E-state index contributed by atoms with van der Waals surface area (Å²) in [6.07, 6.45) is 2.78. The molecule has 0 aliphatic carbocycles. The van der Waals surface area contributed by atoms with E-state index < -0.39 is 11.6 Å². The van der Waals surface area contributed by atoms with Crippen molar-refractivity contribution in [3.63, 3.8) is 0 Å². The topological polar surface area (TPSA) is 68.5 Å². The first-order chi connectivity index (χ1) is 7.45. The van der Waals surface area contributed by atoms with Crippen LogP contribution in [0, 0.1) is 6.92 Å². The molecule has 0 bridgehead atoms. The molecule has 6 nitrogen and oxygen atoms in total. The van der Waals surface area contributed by atoms with Gasteiger partial charge in [0.1, 0.15) is 0 Å². The van der Waals surface area contributed by atoms with Gasteiger partial charge in [-0.05, 0) is 26.8 Å². The number of hydrogen-bond donors (Lipinski definition) is 1. The van der Waals surface area contributed by atoms with Gasteiger partial charge < -0.3 is 5.32 Å². The highest BCUT2D eigenvalue weighted by Gasteiger charge is 2.18. The fourth-order valence-electron chi connectivity index (χ4n) is 1.04. The van der Waals surface area contributed by atoms with E-state index in [4.69, 9.17) is 0 Å². The summed E-state index contributed by atoms with van der Waals surface area (Å²) in [5.41, 5.74) is 0.483. The Bertz CT molecular complexity index is 395. The third kappa shape index (κ3) is 3.08. The van der Waals surface area contributed by atoms with Crippen LogP contribution in [-0.4, -0.2) is 29.1 Å². The quantitative estimate of drug-likeness (QED) is 0.477. The molecule has 1 heterocycles. The summed E-state index contributed by atoms with van der Waals surface area (Å²) in [6.45, 7) is 5.73. The molecule has 1 N–H and O–H groups in total. The Morgan fingerprint density at radius 1 is 1.69 bits per heavy atom. The average Bonchev–Trinajstić information content (AvgIpc) is 2.65. The molecule has 0 radical (unpaired) electrons. The minimum absolute atomic E-state index is 0.442. The third-order valence-corrected chi connectivity index (χ3v) is 2.02. The average molecular weight is 224 g/mol. The molecule has 16 heavy (non-hydrogen) atoms. The van der Waals surface area contributed by atoms with Gasteiger partial charge in [0.05, 0.1) is 17.4 Å². The van der Waals surface area contributed by atoms with Crippen LogP contribution in [0.1, 0.15) is 19.5 Å². The minimum atomic E-state index is -0.594. The lowest BCUT2D eigenvalue weighted by atomic mass is 10.1. The normalized spacial score (nSPS) is 11.8. The number of rotatable bonds is 3. The van der Waals surface area contributed by atoms with Crippen LogP contribution in [-0.2, 0) is 10.4 Å². The van der Waals surface area contributed by atoms with Crippen molar-refractivity contribution < 1.29 is 9.63 Å². The van der Waals surface area contributed by atoms with E-state index in [2.05, 4.69) is 20.4 Å². The van der Waals surface area contributed by atoms with Crippen molar-refractivity contribution >= 4 is 12.3 Å². The van der Waals surface area contributed by atoms with Crippen molar-refractivity contribution in [2.45, 2.75) is 26.3 Å². The van der Waals surface area contributed by atoms with Crippen LogP contribution in [0.5, 0.6) is 0 Å². The number of carbonyl (C=O) groups excluding carboxylic acids is 1. The van der Waals surface area contributed by atoms with Gasteiger partial charge in [0.15, 0.2) is 0 Å². The summed E-state index contributed by atoms with van der Waals surface area (Å²) >= 11 is 0. The van der Waals surface area contributed by atoms with Crippen molar-refractivity contribution in [3.8, 4) is 0 Å². The molecule has 0 unspecified atom stereocenters. The van der Waals surface area contributed by atoms with E-state index in [1.807, 2.05) is 33.0 Å². The lowest BCUT2D eigenvalue weighted by Gasteiger charge is -2.19. The van der Waals surface area contributed by atoms with Crippen LogP contribution in [0.15, 0.2) is 17.4 Å². The largest absolute Gasteiger partial charge is 0.433 e. The van der Waals surface area contributed by atoms with Gasteiger partial charge in [0, 0.05) is 13.2 Å². The second-order valence-corrected chi connectivity index (χ2v) is 3.92. The van der Waals surface area contributed by atoms with Crippen LogP contribution >= 0.6 is 0 Å². The van der Waals surface area contributed by atoms with Crippen LogP contribution in [0.25, 0.3) is 0 Å². The Kier molecular flexibility index (Phi) is 3.65. The zero-order valence-corrected chi connectivity index (χ0v) is 9.89. The molecule has 0 saturated heterocycles. The molecule has 1 amide bonds. The van der Waals surface area contributed by atoms with E-state index in [-0.39, 0.29) is 0 Å². The number of carbonyl (C=O) groups is 1. The standard InChI is InChI=1S/C10H16N4O2/c1-8-5-6-14(13-8)10(2,3)7-12-16-9(15)11-4/h5-7H,1-4H3,(H,11,15). The molecule has 1 rings (SSSR count). The summed E-state index contributed by atoms with van der Waals surface area (Å²) in [4.78, 5) is 15.3. The fourth-order valence-corrected chi connectivity index (χ4v) is 1.04. The van der Waals surface area contributed by atoms with Crippen LogP contribution in [0.2, 0.25) is 0 Å². The molecule has 0 atom stereocenters. The number of oxime groups is 1. The SMILES string of the molecule is CNC(=O)ON=CC(C)(C)n1ccc(C)n1. The third-order valence-electron chi connectivity index (χ3n) is 2.02. The molecule has 1 aromatic heterocycles. The van der Waals surface area contributed by atoms with Crippen LogP contribution in [0.3, 0.4) is 0 Å². The predicted octanol–water partition coefficient (Wildman–Crippen LogP) is 1.27. The summed E-state index contributed by atoms with van der Waals surface area (Å²) in [7, 11) is 1.47. The Labute approximate surface area is 94.3 Å². The fraction of sp³-hybridized carbons (Fsp3) is 0.500. The van der Waals surface area contributed by atoms with E-state index in [9.17, 15) is 4.79 Å². The molecule has 0 aliphatic rings. The van der Waals surface area contributed by atoms with E-state index in [1.165, 1.54) is 13.3 Å². The number of nitrogens with one attached hydrogen (secondary N) is 1. The van der Waals surface area contributed by atoms with E-state index >= 15 is 0 Å². The van der Waals surface area contributed by atoms with Gasteiger partial charge in [-0.15, -0.1) is 0 Å². The lowest BCUT2D eigenvalue weighted by molar-refractivity contribution is 0.152. The molecule has 1 aromatic rings. The molecule has 0 aromatic carbocycles. The number of aryl methyl sites for hydroxylation is 1. The highest BCUT2D eigenvalue weighted by Crippen LogP contribution is 2.11. The molecule has 0 spiro atoms. The highest BCUT2D eigenvalue weighted by molar-refractivity contribution is 5.70. The maximum absolute atomic E-state index is 10.8. The second-order valence-electron chi connectivity index (χ2n) is 3.92. The van der Waals surface area contributed by atoms with E-state index in [1.54, 1.807) is 4.68 Å². The van der Waals surface area contributed by atoms with Gasteiger partial charge in [-0.2, -0.15) is 5.10 Å². The van der Waals surface area contributed by atoms with Crippen molar-refractivity contribution in [1.82, 2.24) is 15.1 Å². The van der Waals surface area contributed by atoms with Gasteiger partial charge in [-0.25, -0.2) is 4.79 Å². The molecule has 0 saturated carbocycles. The first-order valence-corrected chi connectivity index (χ1v) is 4.92. The number of amides is 1. The zero-order valence-electron chi connectivity index (χ0n) is 9.89. The maximum Gasteiger partial charge on any atom is 0.433 e. The summed E-state index contributed by atoms with van der Waals surface area (Å²) < 4.78 is 1.75. The monoisotopic (exact) mass is 224 g/mol. The maximum atomic E-state index is 10.8. The molecular weight excluding hydrogens is 208 g/mol. The predicted molar refractivity (Wildman–Crippen MR) is 60.3 cm³/mol. The lowest BCUT2D eigenvalue weighted by Crippen LogP contribution is -2.29. The Balaban J connectivity index is 2.68.